The lowest BCUT2D eigenvalue weighted by Crippen LogP contribution is -2.48. The fourth-order valence-electron chi connectivity index (χ4n) is 4.34. The average Bonchev–Trinajstić information content (AvgIpc) is 2.84. The van der Waals surface area contributed by atoms with Crippen LogP contribution in [0, 0.1) is 5.92 Å². The van der Waals surface area contributed by atoms with Crippen molar-refractivity contribution in [1.82, 2.24) is 9.80 Å². The van der Waals surface area contributed by atoms with Gasteiger partial charge in [0.25, 0.3) is 11.8 Å². The van der Waals surface area contributed by atoms with Crippen LogP contribution >= 0.6 is 11.6 Å². The monoisotopic (exact) mass is 486 g/mol. The number of halogens is 1. The van der Waals surface area contributed by atoms with Crippen molar-refractivity contribution in [3.05, 3.63) is 64.7 Å². The molecule has 0 radical (unpaired) electrons. The number of benzene rings is 2. The second-order valence-corrected chi connectivity index (χ2v) is 9.77. The summed E-state index contributed by atoms with van der Waals surface area (Å²) in [5.41, 5.74) is -0.400. The van der Waals surface area contributed by atoms with Crippen LogP contribution in [0.15, 0.2) is 48.5 Å². The van der Waals surface area contributed by atoms with E-state index in [0.717, 1.165) is 32.1 Å². The van der Waals surface area contributed by atoms with Crippen LogP contribution in [-0.2, 0) is 10.4 Å². The smallest absolute Gasteiger partial charge is 0.258 e. The largest absolute Gasteiger partial charge is 0.494 e. The molecule has 184 valence electrons. The second kappa shape index (κ2) is 11.7. The molecular weight excluding hydrogens is 452 g/mol. The summed E-state index contributed by atoms with van der Waals surface area (Å²) >= 11 is 6.24. The van der Waals surface area contributed by atoms with E-state index in [9.17, 15) is 14.7 Å². The molecule has 0 aromatic heterocycles. The van der Waals surface area contributed by atoms with E-state index in [0.29, 0.717) is 47.5 Å². The first-order valence-electron chi connectivity index (χ1n) is 11.9. The van der Waals surface area contributed by atoms with Gasteiger partial charge in [-0.1, -0.05) is 48.4 Å². The molecule has 1 N–H and O–H groups in total. The number of rotatable bonds is 9. The number of hydrogen-bond acceptors (Lipinski definition) is 4. The minimum Gasteiger partial charge on any atom is -0.494 e. The molecule has 7 heteroatoms. The average molecular weight is 487 g/mol. The lowest BCUT2D eigenvalue weighted by atomic mass is 9.89. The van der Waals surface area contributed by atoms with Crippen molar-refractivity contribution < 1.29 is 19.4 Å². The maximum Gasteiger partial charge on any atom is 0.258 e. The molecular formula is C27H35ClN2O4. The van der Waals surface area contributed by atoms with Gasteiger partial charge in [0.05, 0.1) is 17.2 Å². The van der Waals surface area contributed by atoms with Crippen LogP contribution in [0.4, 0.5) is 0 Å². The summed E-state index contributed by atoms with van der Waals surface area (Å²) in [5.74, 6) is 0.893. The Kier molecular flexibility index (Phi) is 8.97. The third-order valence-electron chi connectivity index (χ3n) is 6.51. The molecule has 6 nitrogen and oxygen atoms in total. The maximum absolute atomic E-state index is 12.9. The highest BCUT2D eigenvalue weighted by Crippen LogP contribution is 2.28. The summed E-state index contributed by atoms with van der Waals surface area (Å²) < 4.78 is 5.81. The summed E-state index contributed by atoms with van der Waals surface area (Å²) in [5, 5.41) is 11.2. The van der Waals surface area contributed by atoms with Gasteiger partial charge in [-0.2, -0.15) is 0 Å². The summed E-state index contributed by atoms with van der Waals surface area (Å²) in [6.45, 7) is 3.53. The molecule has 0 spiro atoms. The molecule has 3 rings (SSSR count). The summed E-state index contributed by atoms with van der Waals surface area (Å²) in [6, 6.07) is 14.3. The Labute approximate surface area is 207 Å². The van der Waals surface area contributed by atoms with Gasteiger partial charge >= 0.3 is 0 Å². The summed E-state index contributed by atoms with van der Waals surface area (Å²) in [7, 11) is 3.39. The predicted molar refractivity (Wildman–Crippen MR) is 134 cm³/mol. The Morgan fingerprint density at radius 3 is 2.41 bits per heavy atom. The van der Waals surface area contributed by atoms with Crippen molar-refractivity contribution in [2.45, 2.75) is 44.6 Å². The van der Waals surface area contributed by atoms with Gasteiger partial charge < -0.3 is 19.6 Å². The lowest BCUT2D eigenvalue weighted by Gasteiger charge is -2.36. The molecule has 34 heavy (non-hydrogen) atoms. The number of amides is 2. The molecule has 1 fully saturated rings. The quantitative estimate of drug-likeness (QED) is 0.520. The minimum absolute atomic E-state index is 0.132. The molecule has 2 amide bonds. The third kappa shape index (κ3) is 6.51. The van der Waals surface area contributed by atoms with Gasteiger partial charge in [-0.3, -0.25) is 9.59 Å². The number of aliphatic hydroxyl groups is 1. The molecule has 1 heterocycles. The number of piperidine rings is 1. The van der Waals surface area contributed by atoms with E-state index >= 15 is 0 Å². The zero-order valence-electron chi connectivity index (χ0n) is 20.3. The predicted octanol–water partition coefficient (Wildman–Crippen LogP) is 4.74. The van der Waals surface area contributed by atoms with E-state index in [1.807, 2.05) is 18.2 Å². The van der Waals surface area contributed by atoms with Crippen LogP contribution in [0.25, 0.3) is 0 Å². The van der Waals surface area contributed by atoms with Crippen LogP contribution in [0.2, 0.25) is 5.02 Å². The van der Waals surface area contributed by atoms with E-state index in [1.54, 1.807) is 56.3 Å². The Hall–Kier alpha value is -2.57. The van der Waals surface area contributed by atoms with Crippen molar-refractivity contribution >= 4 is 23.4 Å². The van der Waals surface area contributed by atoms with Crippen LogP contribution in [0.5, 0.6) is 5.75 Å². The van der Waals surface area contributed by atoms with Gasteiger partial charge in [0.1, 0.15) is 5.75 Å². The van der Waals surface area contributed by atoms with Crippen molar-refractivity contribution in [1.29, 1.82) is 0 Å². The SMILES string of the molecule is CN(C)C(=O)c1ccc(OCCCCC2CCN(C(=O)C(C)(O)c3ccccc3)CC2)cc1Cl. The Balaban J connectivity index is 1.36. The Morgan fingerprint density at radius 1 is 1.12 bits per heavy atom. The third-order valence-corrected chi connectivity index (χ3v) is 6.82. The van der Waals surface area contributed by atoms with Crippen molar-refractivity contribution in [2.75, 3.05) is 33.8 Å². The van der Waals surface area contributed by atoms with E-state index < -0.39 is 5.60 Å². The standard InChI is InChI=1S/C27H35ClN2O4/c1-27(33,21-10-5-4-6-11-21)26(32)30-16-14-20(15-17-30)9-7-8-18-34-22-12-13-23(24(28)19-22)25(31)29(2)3/h4-6,10-13,19-20,33H,7-9,14-18H2,1-3H3. The number of ether oxygens (including phenoxy) is 1. The minimum atomic E-state index is -1.49. The molecule has 0 saturated carbocycles. The number of unbranched alkanes of at least 4 members (excludes halogenated alkanes) is 1. The molecule has 1 saturated heterocycles. The zero-order valence-corrected chi connectivity index (χ0v) is 21.1. The molecule has 1 aliphatic rings. The van der Waals surface area contributed by atoms with Gasteiger partial charge in [0.15, 0.2) is 5.60 Å². The number of hydrogen-bond donors (Lipinski definition) is 1. The maximum atomic E-state index is 12.9. The fourth-order valence-corrected chi connectivity index (χ4v) is 4.60. The lowest BCUT2D eigenvalue weighted by molar-refractivity contribution is -0.152. The van der Waals surface area contributed by atoms with Crippen molar-refractivity contribution in [2.24, 2.45) is 5.92 Å². The van der Waals surface area contributed by atoms with E-state index in [2.05, 4.69) is 0 Å². The van der Waals surface area contributed by atoms with E-state index in [-0.39, 0.29) is 11.8 Å². The normalized spacial score (nSPS) is 16.1. The zero-order chi connectivity index (χ0) is 24.7. The number of carbonyl (C=O) groups is 2. The number of nitrogens with zero attached hydrogens (tertiary/aromatic N) is 2. The van der Waals surface area contributed by atoms with Crippen LogP contribution in [0.1, 0.15) is 54.9 Å². The molecule has 2 aromatic carbocycles. The van der Waals surface area contributed by atoms with Crippen molar-refractivity contribution in [3.63, 3.8) is 0 Å². The first kappa shape index (κ1) is 26.0. The summed E-state index contributed by atoms with van der Waals surface area (Å²) in [6.07, 6.45) is 4.98. The van der Waals surface area contributed by atoms with Gasteiger partial charge in [-0.05, 0) is 62.3 Å². The van der Waals surface area contributed by atoms with E-state index in [4.69, 9.17) is 16.3 Å². The molecule has 1 unspecified atom stereocenters. The van der Waals surface area contributed by atoms with Gasteiger partial charge in [0.2, 0.25) is 0 Å². The van der Waals surface area contributed by atoms with Crippen LogP contribution in [-0.4, -0.2) is 60.5 Å². The van der Waals surface area contributed by atoms with Gasteiger partial charge in [-0.15, -0.1) is 0 Å². The van der Waals surface area contributed by atoms with Gasteiger partial charge in [0, 0.05) is 27.2 Å². The Morgan fingerprint density at radius 2 is 1.79 bits per heavy atom. The topological polar surface area (TPSA) is 70.1 Å². The van der Waals surface area contributed by atoms with Crippen LogP contribution in [0.3, 0.4) is 0 Å². The Bertz CT molecular complexity index is 970. The molecule has 0 aliphatic carbocycles. The number of carbonyl (C=O) groups excluding carboxylic acids is 2. The molecule has 2 aromatic rings. The highest BCUT2D eigenvalue weighted by molar-refractivity contribution is 6.34. The highest BCUT2D eigenvalue weighted by atomic mass is 35.5. The molecule has 1 atom stereocenters. The second-order valence-electron chi connectivity index (χ2n) is 9.36. The number of likely N-dealkylation sites (tertiary alicyclic amines) is 1. The first-order chi connectivity index (χ1) is 16.2. The van der Waals surface area contributed by atoms with Crippen molar-refractivity contribution in [3.8, 4) is 5.75 Å². The van der Waals surface area contributed by atoms with E-state index in [1.165, 1.54) is 4.90 Å². The fraction of sp³-hybridized carbons (Fsp3) is 0.481. The molecule has 0 bridgehead atoms. The first-order valence-corrected chi connectivity index (χ1v) is 12.3. The highest BCUT2D eigenvalue weighted by Gasteiger charge is 2.37. The summed E-state index contributed by atoms with van der Waals surface area (Å²) in [4.78, 5) is 28.3. The van der Waals surface area contributed by atoms with Gasteiger partial charge in [-0.25, -0.2) is 0 Å². The van der Waals surface area contributed by atoms with Crippen LogP contribution < -0.4 is 4.74 Å². The molecule has 1 aliphatic heterocycles.